The minimum atomic E-state index is -0.144. The van der Waals surface area contributed by atoms with E-state index in [1.807, 2.05) is 7.05 Å². The Morgan fingerprint density at radius 2 is 2.10 bits per heavy atom. The van der Waals surface area contributed by atoms with Crippen molar-refractivity contribution in [1.82, 2.24) is 25.6 Å². The third-order valence-electron chi connectivity index (χ3n) is 6.00. The first-order valence-electron chi connectivity index (χ1n) is 10.8. The number of anilines is 2. The third kappa shape index (κ3) is 4.00. The molecule has 2 aromatic heterocycles. The Hall–Kier alpha value is -2.62. The van der Waals surface area contributed by atoms with Crippen LogP contribution in [0.2, 0.25) is 0 Å². The first-order chi connectivity index (χ1) is 15.2. The van der Waals surface area contributed by atoms with E-state index in [2.05, 4.69) is 54.8 Å². The second-order valence-corrected chi connectivity index (χ2v) is 8.97. The summed E-state index contributed by atoms with van der Waals surface area (Å²) < 4.78 is 5.38. The number of carbonyl (C=O) groups is 1. The van der Waals surface area contributed by atoms with E-state index >= 15 is 0 Å². The number of para-hydroxylation sites is 1. The van der Waals surface area contributed by atoms with Crippen LogP contribution in [0.1, 0.15) is 40.5 Å². The Kier molecular flexibility index (Phi) is 5.80. The number of rotatable bonds is 6. The molecule has 1 saturated heterocycles. The van der Waals surface area contributed by atoms with Crippen LogP contribution in [-0.4, -0.2) is 60.3 Å². The van der Waals surface area contributed by atoms with E-state index in [4.69, 9.17) is 4.74 Å². The fourth-order valence-corrected chi connectivity index (χ4v) is 5.19. The van der Waals surface area contributed by atoms with Gasteiger partial charge in [0.05, 0.1) is 0 Å². The molecule has 1 fully saturated rings. The highest BCUT2D eigenvalue weighted by Gasteiger charge is 2.31. The Balaban J connectivity index is 1.45. The number of fused-ring (bicyclic) bond motifs is 2. The molecule has 1 atom stereocenters. The van der Waals surface area contributed by atoms with Gasteiger partial charge in [-0.25, -0.2) is 15.0 Å². The lowest BCUT2D eigenvalue weighted by Gasteiger charge is -2.22. The van der Waals surface area contributed by atoms with E-state index in [0.29, 0.717) is 29.7 Å². The van der Waals surface area contributed by atoms with Crippen LogP contribution < -0.4 is 15.5 Å². The summed E-state index contributed by atoms with van der Waals surface area (Å²) in [6, 6.07) is 8.61. The molecule has 0 saturated carbocycles. The van der Waals surface area contributed by atoms with Crippen molar-refractivity contribution in [2.24, 2.45) is 0 Å². The summed E-state index contributed by atoms with van der Waals surface area (Å²) in [5.74, 6) is 1.05. The first kappa shape index (κ1) is 20.3. The maximum Gasteiger partial charge on any atom is 0.280 e. The van der Waals surface area contributed by atoms with Crippen molar-refractivity contribution in [1.29, 1.82) is 0 Å². The molecular formula is C22H26N6O2S. The fraction of sp³-hybridized carbons (Fsp3) is 0.455. The molecule has 0 aliphatic carbocycles. The zero-order valence-corrected chi connectivity index (χ0v) is 18.3. The molecule has 3 aromatic rings. The van der Waals surface area contributed by atoms with Gasteiger partial charge in [0.25, 0.3) is 5.91 Å². The normalized spacial score (nSPS) is 19.0. The summed E-state index contributed by atoms with van der Waals surface area (Å²) in [4.78, 5) is 29.4. The van der Waals surface area contributed by atoms with Crippen molar-refractivity contribution in [3.8, 4) is 0 Å². The van der Waals surface area contributed by atoms with Crippen molar-refractivity contribution < 1.29 is 9.53 Å². The van der Waals surface area contributed by atoms with Crippen molar-refractivity contribution in [3.63, 3.8) is 0 Å². The van der Waals surface area contributed by atoms with Crippen LogP contribution in [0.3, 0.4) is 0 Å². The first-order valence-corrected chi connectivity index (χ1v) is 11.6. The third-order valence-corrected chi connectivity index (χ3v) is 6.96. The summed E-state index contributed by atoms with van der Waals surface area (Å²) in [6.07, 6.45) is 4.29. The van der Waals surface area contributed by atoms with Gasteiger partial charge in [0.1, 0.15) is 16.7 Å². The molecule has 162 valence electrons. The lowest BCUT2D eigenvalue weighted by molar-refractivity contribution is 0.0696. The summed E-state index contributed by atoms with van der Waals surface area (Å²) >= 11 is 1.32. The monoisotopic (exact) mass is 438 g/mol. The minimum absolute atomic E-state index is 0.136. The van der Waals surface area contributed by atoms with Gasteiger partial charge in [-0.2, -0.15) is 0 Å². The quantitative estimate of drug-likeness (QED) is 0.611. The molecule has 5 rings (SSSR count). The average molecular weight is 439 g/mol. The number of nitrogens with one attached hydrogen (secondary N) is 2. The molecule has 4 heterocycles. The Bertz CT molecular complexity index is 1080. The zero-order chi connectivity index (χ0) is 21.2. The Morgan fingerprint density at radius 1 is 1.26 bits per heavy atom. The van der Waals surface area contributed by atoms with E-state index in [9.17, 15) is 4.79 Å². The van der Waals surface area contributed by atoms with E-state index in [-0.39, 0.29) is 11.9 Å². The van der Waals surface area contributed by atoms with Gasteiger partial charge in [-0.05, 0) is 44.5 Å². The molecular weight excluding hydrogens is 412 g/mol. The van der Waals surface area contributed by atoms with Crippen LogP contribution in [0.25, 0.3) is 10.3 Å². The van der Waals surface area contributed by atoms with Gasteiger partial charge in [0, 0.05) is 37.4 Å². The van der Waals surface area contributed by atoms with Crippen molar-refractivity contribution in [2.75, 3.05) is 38.3 Å². The Labute approximate surface area is 185 Å². The SMILES string of the molecule is CNCCC1CN(c2ncnc3sc(C(=O)NC4CCOCC4)nc23)c2ccccc21. The number of aromatic nitrogens is 3. The fourth-order valence-electron chi connectivity index (χ4n) is 4.39. The molecule has 8 nitrogen and oxygen atoms in total. The van der Waals surface area contributed by atoms with Crippen LogP contribution >= 0.6 is 11.3 Å². The van der Waals surface area contributed by atoms with Crippen molar-refractivity contribution in [3.05, 3.63) is 41.2 Å². The minimum Gasteiger partial charge on any atom is -0.381 e. The Morgan fingerprint density at radius 3 is 2.94 bits per heavy atom. The number of thiazole rings is 1. The molecule has 0 spiro atoms. The van der Waals surface area contributed by atoms with Crippen LogP contribution in [-0.2, 0) is 4.74 Å². The molecule has 0 radical (unpaired) electrons. The van der Waals surface area contributed by atoms with Gasteiger partial charge in [-0.1, -0.05) is 29.5 Å². The second kappa shape index (κ2) is 8.86. The number of carbonyl (C=O) groups excluding carboxylic acids is 1. The highest BCUT2D eigenvalue weighted by atomic mass is 32.1. The van der Waals surface area contributed by atoms with Gasteiger partial charge >= 0.3 is 0 Å². The van der Waals surface area contributed by atoms with E-state index in [1.165, 1.54) is 16.9 Å². The van der Waals surface area contributed by atoms with Crippen molar-refractivity contribution >= 4 is 39.1 Å². The van der Waals surface area contributed by atoms with Gasteiger partial charge < -0.3 is 20.3 Å². The molecule has 2 aliphatic heterocycles. The number of nitrogens with zero attached hydrogens (tertiary/aromatic N) is 4. The lowest BCUT2D eigenvalue weighted by Crippen LogP contribution is -2.38. The second-order valence-electron chi connectivity index (χ2n) is 7.99. The van der Waals surface area contributed by atoms with Gasteiger partial charge in [-0.15, -0.1) is 0 Å². The number of amides is 1. The topological polar surface area (TPSA) is 92.3 Å². The smallest absolute Gasteiger partial charge is 0.280 e. The average Bonchev–Trinajstić information content (AvgIpc) is 3.40. The molecule has 2 aliphatic rings. The number of ether oxygens (including phenoxy) is 1. The van der Waals surface area contributed by atoms with E-state index in [0.717, 1.165) is 48.7 Å². The number of benzene rings is 1. The lowest BCUT2D eigenvalue weighted by atomic mass is 9.98. The molecule has 9 heteroatoms. The van der Waals surface area contributed by atoms with Gasteiger partial charge in [0.15, 0.2) is 10.8 Å². The number of hydrogen-bond donors (Lipinski definition) is 2. The zero-order valence-electron chi connectivity index (χ0n) is 17.5. The molecule has 2 N–H and O–H groups in total. The molecule has 0 bridgehead atoms. The van der Waals surface area contributed by atoms with Crippen LogP contribution in [0.15, 0.2) is 30.6 Å². The van der Waals surface area contributed by atoms with Gasteiger partial charge in [0.2, 0.25) is 0 Å². The highest BCUT2D eigenvalue weighted by Crippen LogP contribution is 2.43. The molecule has 1 unspecified atom stereocenters. The van der Waals surface area contributed by atoms with Gasteiger partial charge in [-0.3, -0.25) is 4.79 Å². The van der Waals surface area contributed by atoms with Crippen LogP contribution in [0.4, 0.5) is 11.5 Å². The summed E-state index contributed by atoms with van der Waals surface area (Å²) in [6.45, 7) is 3.17. The highest BCUT2D eigenvalue weighted by molar-refractivity contribution is 7.20. The summed E-state index contributed by atoms with van der Waals surface area (Å²) in [7, 11) is 1.98. The van der Waals surface area contributed by atoms with E-state index in [1.54, 1.807) is 6.33 Å². The molecule has 31 heavy (non-hydrogen) atoms. The summed E-state index contributed by atoms with van der Waals surface area (Å²) in [5.41, 5.74) is 3.18. The maximum absolute atomic E-state index is 12.8. The predicted molar refractivity (Wildman–Crippen MR) is 121 cm³/mol. The summed E-state index contributed by atoms with van der Waals surface area (Å²) in [5, 5.41) is 6.78. The largest absolute Gasteiger partial charge is 0.381 e. The predicted octanol–water partition coefficient (Wildman–Crippen LogP) is 2.84. The number of hydrogen-bond acceptors (Lipinski definition) is 8. The molecule has 1 aromatic carbocycles. The molecule has 1 amide bonds. The standard InChI is InChI=1S/C22H26N6O2S/c1-23-9-6-14-12-28(17-5-3-2-4-16(14)17)19-18-21(25-13-24-19)31-22(27-18)20(29)26-15-7-10-30-11-8-15/h2-5,13-15,23H,6-12H2,1H3,(H,26,29). The van der Waals surface area contributed by atoms with E-state index < -0.39 is 0 Å². The van der Waals surface area contributed by atoms with Crippen molar-refractivity contribution in [2.45, 2.75) is 31.2 Å². The van der Waals surface area contributed by atoms with Crippen LogP contribution in [0, 0.1) is 0 Å². The van der Waals surface area contributed by atoms with Crippen LogP contribution in [0.5, 0.6) is 0 Å². The maximum atomic E-state index is 12.8.